The number of nitrogens with one attached hydrogen (secondary N) is 2. The second-order valence-electron chi connectivity index (χ2n) is 5.01. The Morgan fingerprint density at radius 1 is 1.30 bits per heavy atom. The Morgan fingerprint density at radius 2 is 1.95 bits per heavy atom. The highest BCUT2D eigenvalue weighted by atomic mass is 16.5. The van der Waals surface area contributed by atoms with E-state index in [0.29, 0.717) is 12.3 Å². The first-order chi connectivity index (χ1) is 9.53. The lowest BCUT2D eigenvalue weighted by Gasteiger charge is -2.28. The van der Waals surface area contributed by atoms with E-state index in [2.05, 4.69) is 10.6 Å². The fourth-order valence-electron chi connectivity index (χ4n) is 1.97. The molecule has 1 rings (SSSR count). The predicted octanol–water partition coefficient (Wildman–Crippen LogP) is 2.76. The summed E-state index contributed by atoms with van der Waals surface area (Å²) >= 11 is 0. The summed E-state index contributed by atoms with van der Waals surface area (Å²) in [6.07, 6.45) is 1.61. The molecule has 112 valence electrons. The minimum absolute atomic E-state index is 0.0858. The third-order valence-electron chi connectivity index (χ3n) is 2.99. The van der Waals surface area contributed by atoms with E-state index in [1.807, 2.05) is 20.8 Å². The lowest BCUT2D eigenvalue weighted by molar-refractivity contribution is 0.167. The molecule has 0 bridgehead atoms. The van der Waals surface area contributed by atoms with Crippen LogP contribution in [0.1, 0.15) is 33.6 Å². The van der Waals surface area contributed by atoms with Crippen molar-refractivity contribution in [2.24, 2.45) is 0 Å². The first-order valence-corrected chi connectivity index (χ1v) is 6.96. The molecule has 1 aromatic carbocycles. The zero-order valence-corrected chi connectivity index (χ0v) is 12.4. The molecule has 0 aliphatic rings. The van der Waals surface area contributed by atoms with Gasteiger partial charge in [-0.3, -0.25) is 0 Å². The van der Waals surface area contributed by atoms with Crippen LogP contribution in [0.15, 0.2) is 24.3 Å². The Kier molecular flexibility index (Phi) is 6.31. The second-order valence-corrected chi connectivity index (χ2v) is 5.01. The standard InChI is InChI=1S/C15H24N2O3/c1-4-10-15(3,11-18)17-14(19)16-12-6-8-13(9-7-12)20-5-2/h6-9,18H,4-5,10-11H2,1-3H3,(H2,16,17,19). The lowest BCUT2D eigenvalue weighted by Crippen LogP contribution is -2.50. The molecular formula is C15H24N2O3. The highest BCUT2D eigenvalue weighted by Gasteiger charge is 2.24. The number of carbonyl (C=O) groups is 1. The molecule has 2 amide bonds. The van der Waals surface area contributed by atoms with Crippen LogP contribution in [0.2, 0.25) is 0 Å². The van der Waals surface area contributed by atoms with Crippen molar-refractivity contribution in [1.82, 2.24) is 5.32 Å². The van der Waals surface area contributed by atoms with Crippen molar-refractivity contribution in [3.8, 4) is 5.75 Å². The van der Waals surface area contributed by atoms with Crippen molar-refractivity contribution in [3.63, 3.8) is 0 Å². The predicted molar refractivity (Wildman–Crippen MR) is 80.2 cm³/mol. The SMILES string of the molecule is CCCC(C)(CO)NC(=O)Nc1ccc(OCC)cc1. The van der Waals surface area contributed by atoms with E-state index < -0.39 is 5.54 Å². The molecule has 1 unspecified atom stereocenters. The van der Waals surface area contributed by atoms with Crippen LogP contribution in [0.4, 0.5) is 10.5 Å². The Balaban J connectivity index is 2.57. The van der Waals surface area contributed by atoms with Crippen LogP contribution in [-0.4, -0.2) is 29.9 Å². The van der Waals surface area contributed by atoms with E-state index in [9.17, 15) is 9.90 Å². The molecule has 0 radical (unpaired) electrons. The molecule has 0 aromatic heterocycles. The molecule has 0 spiro atoms. The van der Waals surface area contributed by atoms with E-state index >= 15 is 0 Å². The number of urea groups is 1. The highest BCUT2D eigenvalue weighted by Crippen LogP contribution is 2.16. The summed E-state index contributed by atoms with van der Waals surface area (Å²) in [7, 11) is 0. The van der Waals surface area contributed by atoms with Crippen LogP contribution < -0.4 is 15.4 Å². The maximum atomic E-state index is 11.9. The molecule has 5 heteroatoms. The van der Waals surface area contributed by atoms with Gasteiger partial charge in [-0.25, -0.2) is 4.79 Å². The van der Waals surface area contributed by atoms with Gasteiger partial charge in [0.15, 0.2) is 0 Å². The van der Waals surface area contributed by atoms with Gasteiger partial charge in [0.25, 0.3) is 0 Å². The van der Waals surface area contributed by atoms with Crippen LogP contribution in [0.3, 0.4) is 0 Å². The Labute approximate surface area is 120 Å². The van der Waals surface area contributed by atoms with Gasteiger partial charge in [0.05, 0.1) is 18.8 Å². The molecule has 0 fully saturated rings. The summed E-state index contributed by atoms with van der Waals surface area (Å²) in [5, 5.41) is 14.9. The van der Waals surface area contributed by atoms with E-state index in [0.717, 1.165) is 18.6 Å². The maximum absolute atomic E-state index is 11.9. The van der Waals surface area contributed by atoms with Crippen molar-refractivity contribution in [2.45, 2.75) is 39.2 Å². The van der Waals surface area contributed by atoms with Crippen molar-refractivity contribution in [2.75, 3.05) is 18.5 Å². The molecular weight excluding hydrogens is 256 g/mol. The molecule has 1 atom stereocenters. The zero-order chi connectivity index (χ0) is 15.0. The fraction of sp³-hybridized carbons (Fsp3) is 0.533. The van der Waals surface area contributed by atoms with E-state index in [1.165, 1.54) is 0 Å². The van der Waals surface area contributed by atoms with Gasteiger partial charge in [-0.15, -0.1) is 0 Å². The Morgan fingerprint density at radius 3 is 2.45 bits per heavy atom. The van der Waals surface area contributed by atoms with Gasteiger partial charge < -0.3 is 20.5 Å². The molecule has 1 aromatic rings. The zero-order valence-electron chi connectivity index (χ0n) is 12.4. The Hall–Kier alpha value is -1.75. The number of carbonyl (C=O) groups excluding carboxylic acids is 1. The smallest absolute Gasteiger partial charge is 0.319 e. The van der Waals surface area contributed by atoms with E-state index in [-0.39, 0.29) is 12.6 Å². The average molecular weight is 280 g/mol. The third kappa shape index (κ3) is 5.09. The minimum atomic E-state index is -0.593. The number of amides is 2. The highest BCUT2D eigenvalue weighted by molar-refractivity contribution is 5.89. The summed E-state index contributed by atoms with van der Waals surface area (Å²) < 4.78 is 5.33. The summed E-state index contributed by atoms with van der Waals surface area (Å²) in [6, 6.07) is 6.84. The molecule has 3 N–H and O–H groups in total. The number of aliphatic hydroxyl groups excluding tert-OH is 1. The van der Waals surface area contributed by atoms with Gasteiger partial charge in [-0.05, 0) is 44.5 Å². The van der Waals surface area contributed by atoms with Gasteiger partial charge in [0.1, 0.15) is 5.75 Å². The number of anilines is 1. The molecule has 5 nitrogen and oxygen atoms in total. The number of ether oxygens (including phenoxy) is 1. The van der Waals surface area contributed by atoms with Gasteiger partial charge >= 0.3 is 6.03 Å². The molecule has 0 heterocycles. The number of rotatable bonds is 7. The summed E-state index contributed by atoms with van der Waals surface area (Å²) in [4.78, 5) is 11.9. The molecule has 0 aliphatic heterocycles. The monoisotopic (exact) mass is 280 g/mol. The van der Waals surface area contributed by atoms with Crippen LogP contribution in [0.5, 0.6) is 5.75 Å². The number of benzene rings is 1. The van der Waals surface area contributed by atoms with Crippen LogP contribution >= 0.6 is 0 Å². The van der Waals surface area contributed by atoms with Gasteiger partial charge in [0, 0.05) is 5.69 Å². The average Bonchev–Trinajstić information content (AvgIpc) is 2.41. The molecule has 0 aliphatic carbocycles. The van der Waals surface area contributed by atoms with Gasteiger partial charge in [-0.2, -0.15) is 0 Å². The molecule has 0 saturated carbocycles. The third-order valence-corrected chi connectivity index (χ3v) is 2.99. The summed E-state index contributed by atoms with van der Waals surface area (Å²) in [6.45, 7) is 6.29. The molecule has 20 heavy (non-hydrogen) atoms. The largest absolute Gasteiger partial charge is 0.494 e. The number of hydrogen-bond acceptors (Lipinski definition) is 3. The number of aliphatic hydroxyl groups is 1. The summed E-state index contributed by atoms with van der Waals surface area (Å²) in [5.41, 5.74) is 0.0899. The van der Waals surface area contributed by atoms with Crippen LogP contribution in [0, 0.1) is 0 Å². The summed E-state index contributed by atoms with van der Waals surface area (Å²) in [5.74, 6) is 0.768. The Bertz CT molecular complexity index is 420. The van der Waals surface area contributed by atoms with Crippen molar-refractivity contribution in [3.05, 3.63) is 24.3 Å². The second kappa shape index (κ2) is 7.75. The van der Waals surface area contributed by atoms with Gasteiger partial charge in [0.2, 0.25) is 0 Å². The number of hydrogen-bond donors (Lipinski definition) is 3. The first-order valence-electron chi connectivity index (χ1n) is 6.96. The lowest BCUT2D eigenvalue weighted by atomic mass is 9.98. The first kappa shape index (κ1) is 16.3. The van der Waals surface area contributed by atoms with Crippen LogP contribution in [0.25, 0.3) is 0 Å². The normalized spacial score (nSPS) is 13.4. The molecule has 0 saturated heterocycles. The van der Waals surface area contributed by atoms with Gasteiger partial charge in [-0.1, -0.05) is 13.3 Å². The van der Waals surface area contributed by atoms with Crippen molar-refractivity contribution in [1.29, 1.82) is 0 Å². The topological polar surface area (TPSA) is 70.6 Å². The van der Waals surface area contributed by atoms with Crippen molar-refractivity contribution >= 4 is 11.7 Å². The minimum Gasteiger partial charge on any atom is -0.494 e. The van der Waals surface area contributed by atoms with Crippen LogP contribution in [-0.2, 0) is 0 Å². The van der Waals surface area contributed by atoms with E-state index in [1.54, 1.807) is 24.3 Å². The maximum Gasteiger partial charge on any atom is 0.319 e. The quantitative estimate of drug-likeness (QED) is 0.719. The van der Waals surface area contributed by atoms with Crippen molar-refractivity contribution < 1.29 is 14.6 Å². The fourth-order valence-corrected chi connectivity index (χ4v) is 1.97. The van der Waals surface area contributed by atoms with E-state index in [4.69, 9.17) is 4.74 Å².